The van der Waals surface area contributed by atoms with Gasteiger partial charge in [0.05, 0.1) is 11.3 Å². The molecule has 3 heteroatoms. The molecule has 0 aromatic heterocycles. The molecule has 0 atom stereocenters. The maximum atomic E-state index is 13.5. The number of nitrogen functional groups attached to an aromatic ring is 1. The highest BCUT2D eigenvalue weighted by Crippen LogP contribution is 2.34. The third-order valence-corrected chi connectivity index (χ3v) is 4.42. The van der Waals surface area contributed by atoms with Crippen molar-refractivity contribution in [2.24, 2.45) is 0 Å². The Hall–Kier alpha value is -3.59. The van der Waals surface area contributed by atoms with Gasteiger partial charge in [-0.15, -0.1) is 0 Å². The second kappa shape index (κ2) is 6.73. The average Bonchev–Trinajstić information content (AvgIpc) is 2.69. The van der Waals surface area contributed by atoms with Gasteiger partial charge in [-0.25, -0.2) is 0 Å². The topological polar surface area (TPSA) is 46.3 Å². The van der Waals surface area contributed by atoms with Crippen LogP contribution in [0.15, 0.2) is 97.1 Å². The summed E-state index contributed by atoms with van der Waals surface area (Å²) in [7, 11) is 0. The standard InChI is InChI=1S/C23H18N2O/c24-21-15-7-6-14-20(21)23(26)25(18-11-2-1-3-12-18)22-16-8-10-17-9-4-5-13-19(17)22/h1-16H,24H2. The fourth-order valence-corrected chi connectivity index (χ4v) is 3.16. The molecule has 0 aliphatic heterocycles. The molecule has 2 N–H and O–H groups in total. The van der Waals surface area contributed by atoms with Gasteiger partial charge in [-0.1, -0.05) is 66.7 Å². The molecule has 0 spiro atoms. The summed E-state index contributed by atoms with van der Waals surface area (Å²) in [6.07, 6.45) is 0. The number of amides is 1. The van der Waals surface area contributed by atoms with Crippen molar-refractivity contribution < 1.29 is 4.79 Å². The van der Waals surface area contributed by atoms with E-state index < -0.39 is 0 Å². The Bertz CT molecular complexity index is 1070. The smallest absolute Gasteiger partial charge is 0.264 e. The van der Waals surface area contributed by atoms with Crippen molar-refractivity contribution in [3.8, 4) is 0 Å². The molecular formula is C23H18N2O. The summed E-state index contributed by atoms with van der Waals surface area (Å²) in [6.45, 7) is 0. The Morgan fingerprint density at radius 3 is 2.15 bits per heavy atom. The number of anilines is 3. The summed E-state index contributed by atoms with van der Waals surface area (Å²) < 4.78 is 0. The van der Waals surface area contributed by atoms with Gasteiger partial charge in [0.15, 0.2) is 0 Å². The number of hydrogen-bond acceptors (Lipinski definition) is 2. The van der Waals surface area contributed by atoms with Crippen molar-refractivity contribution in [2.45, 2.75) is 0 Å². The zero-order valence-electron chi connectivity index (χ0n) is 14.2. The van der Waals surface area contributed by atoms with Crippen LogP contribution >= 0.6 is 0 Å². The Balaban J connectivity index is 1.95. The molecule has 0 bridgehead atoms. The predicted molar refractivity (Wildman–Crippen MR) is 108 cm³/mol. The van der Waals surface area contributed by atoms with Crippen LogP contribution in [0.1, 0.15) is 10.4 Å². The molecule has 0 aliphatic carbocycles. The Morgan fingerprint density at radius 1 is 0.692 bits per heavy atom. The highest BCUT2D eigenvalue weighted by Gasteiger charge is 2.22. The van der Waals surface area contributed by atoms with Gasteiger partial charge in [0, 0.05) is 16.8 Å². The molecule has 4 aromatic carbocycles. The molecule has 0 heterocycles. The third-order valence-electron chi connectivity index (χ3n) is 4.42. The molecule has 4 rings (SSSR count). The summed E-state index contributed by atoms with van der Waals surface area (Å²) in [4.78, 5) is 15.2. The molecule has 1 amide bonds. The van der Waals surface area contributed by atoms with E-state index in [9.17, 15) is 4.79 Å². The first-order chi connectivity index (χ1) is 12.8. The van der Waals surface area contributed by atoms with Crippen LogP contribution in [0.3, 0.4) is 0 Å². The zero-order chi connectivity index (χ0) is 17.9. The maximum Gasteiger partial charge on any atom is 0.264 e. The first kappa shape index (κ1) is 15.9. The van der Waals surface area contributed by atoms with Gasteiger partial charge < -0.3 is 5.73 Å². The van der Waals surface area contributed by atoms with Crippen LogP contribution in [0.2, 0.25) is 0 Å². The van der Waals surface area contributed by atoms with Crippen LogP contribution in [0.5, 0.6) is 0 Å². The minimum atomic E-state index is -0.148. The first-order valence-electron chi connectivity index (χ1n) is 8.47. The molecule has 0 saturated carbocycles. The van der Waals surface area contributed by atoms with Crippen molar-refractivity contribution in [1.82, 2.24) is 0 Å². The largest absolute Gasteiger partial charge is 0.398 e. The average molecular weight is 338 g/mol. The lowest BCUT2D eigenvalue weighted by molar-refractivity contribution is 0.100. The van der Waals surface area contributed by atoms with E-state index in [4.69, 9.17) is 5.73 Å². The minimum absolute atomic E-state index is 0.148. The van der Waals surface area contributed by atoms with Crippen LogP contribution in [0.4, 0.5) is 17.1 Å². The molecular weight excluding hydrogens is 320 g/mol. The van der Waals surface area contributed by atoms with Gasteiger partial charge >= 0.3 is 0 Å². The molecule has 0 radical (unpaired) electrons. The summed E-state index contributed by atoms with van der Waals surface area (Å²) in [5, 5.41) is 2.10. The Morgan fingerprint density at radius 2 is 1.35 bits per heavy atom. The quantitative estimate of drug-likeness (QED) is 0.508. The lowest BCUT2D eigenvalue weighted by Gasteiger charge is -2.25. The highest BCUT2D eigenvalue weighted by molar-refractivity contribution is 6.16. The number of benzene rings is 4. The second-order valence-electron chi connectivity index (χ2n) is 6.06. The summed E-state index contributed by atoms with van der Waals surface area (Å²) >= 11 is 0. The van der Waals surface area contributed by atoms with Crippen LogP contribution in [0.25, 0.3) is 10.8 Å². The number of hydrogen-bond donors (Lipinski definition) is 1. The van der Waals surface area contributed by atoms with Gasteiger partial charge in [0.25, 0.3) is 5.91 Å². The van der Waals surface area contributed by atoms with Crippen molar-refractivity contribution in [3.05, 3.63) is 103 Å². The van der Waals surface area contributed by atoms with Crippen LogP contribution in [-0.4, -0.2) is 5.91 Å². The van der Waals surface area contributed by atoms with Crippen LogP contribution < -0.4 is 10.6 Å². The monoisotopic (exact) mass is 338 g/mol. The van der Waals surface area contributed by atoms with Crippen molar-refractivity contribution in [3.63, 3.8) is 0 Å². The molecule has 0 fully saturated rings. The number of nitrogens with two attached hydrogens (primary N) is 1. The molecule has 3 nitrogen and oxygen atoms in total. The highest BCUT2D eigenvalue weighted by atomic mass is 16.2. The van der Waals surface area contributed by atoms with E-state index in [-0.39, 0.29) is 5.91 Å². The second-order valence-corrected chi connectivity index (χ2v) is 6.06. The molecule has 0 aliphatic rings. The third kappa shape index (κ3) is 2.80. The number of rotatable bonds is 3. The summed E-state index contributed by atoms with van der Waals surface area (Å²) in [6, 6.07) is 30.8. The van der Waals surface area contributed by atoms with Gasteiger partial charge in [-0.3, -0.25) is 9.69 Å². The molecule has 0 saturated heterocycles. The number of nitrogens with zero attached hydrogens (tertiary/aromatic N) is 1. The molecule has 26 heavy (non-hydrogen) atoms. The van der Waals surface area contributed by atoms with E-state index in [1.807, 2.05) is 84.9 Å². The van der Waals surface area contributed by atoms with Gasteiger partial charge in [-0.05, 0) is 35.7 Å². The van der Waals surface area contributed by atoms with Crippen LogP contribution in [-0.2, 0) is 0 Å². The Kier molecular flexibility index (Phi) is 4.12. The zero-order valence-corrected chi connectivity index (χ0v) is 14.2. The number of para-hydroxylation sites is 2. The van der Waals surface area contributed by atoms with E-state index in [0.717, 1.165) is 22.1 Å². The number of carbonyl (C=O) groups is 1. The van der Waals surface area contributed by atoms with Crippen molar-refractivity contribution in [1.29, 1.82) is 0 Å². The fraction of sp³-hybridized carbons (Fsp3) is 0. The van der Waals surface area contributed by atoms with Crippen molar-refractivity contribution >= 4 is 33.7 Å². The first-order valence-corrected chi connectivity index (χ1v) is 8.47. The van der Waals surface area contributed by atoms with E-state index in [1.165, 1.54) is 0 Å². The van der Waals surface area contributed by atoms with Gasteiger partial charge in [0.2, 0.25) is 0 Å². The fourth-order valence-electron chi connectivity index (χ4n) is 3.16. The maximum absolute atomic E-state index is 13.5. The predicted octanol–water partition coefficient (Wildman–Crippen LogP) is 5.40. The SMILES string of the molecule is Nc1ccccc1C(=O)N(c1ccccc1)c1cccc2ccccc12. The Labute approximate surface area is 152 Å². The summed E-state index contributed by atoms with van der Waals surface area (Å²) in [5.41, 5.74) is 8.68. The van der Waals surface area contributed by atoms with Crippen LogP contribution in [0, 0.1) is 0 Å². The lowest BCUT2D eigenvalue weighted by atomic mass is 10.1. The van der Waals surface area contributed by atoms with E-state index in [1.54, 1.807) is 17.0 Å². The summed E-state index contributed by atoms with van der Waals surface area (Å²) in [5.74, 6) is -0.148. The normalized spacial score (nSPS) is 10.6. The molecule has 4 aromatic rings. The van der Waals surface area contributed by atoms with Crippen molar-refractivity contribution in [2.75, 3.05) is 10.6 Å². The van der Waals surface area contributed by atoms with Gasteiger partial charge in [-0.2, -0.15) is 0 Å². The van der Waals surface area contributed by atoms with E-state index >= 15 is 0 Å². The number of fused-ring (bicyclic) bond motifs is 1. The number of carbonyl (C=O) groups excluding carboxylic acids is 1. The van der Waals surface area contributed by atoms with E-state index in [0.29, 0.717) is 11.3 Å². The molecule has 0 unspecified atom stereocenters. The minimum Gasteiger partial charge on any atom is -0.398 e. The van der Waals surface area contributed by atoms with E-state index in [2.05, 4.69) is 0 Å². The van der Waals surface area contributed by atoms with Gasteiger partial charge in [0.1, 0.15) is 0 Å². The lowest BCUT2D eigenvalue weighted by Crippen LogP contribution is -2.27. The molecule has 126 valence electrons.